The lowest BCUT2D eigenvalue weighted by Crippen LogP contribution is -2.15. The predicted molar refractivity (Wildman–Crippen MR) is 88.7 cm³/mol. The van der Waals surface area contributed by atoms with Crippen molar-refractivity contribution in [3.05, 3.63) is 36.5 Å². The minimum Gasteiger partial charge on any atom is -0.496 e. The van der Waals surface area contributed by atoms with E-state index in [0.717, 1.165) is 28.4 Å². The Morgan fingerprint density at radius 2 is 1.68 bits per heavy atom. The van der Waals surface area contributed by atoms with Crippen LogP contribution >= 0.6 is 0 Å². The maximum absolute atomic E-state index is 5.46. The maximum atomic E-state index is 5.46. The molecule has 1 fully saturated rings. The molecule has 1 aliphatic carbocycles. The van der Waals surface area contributed by atoms with Crippen LogP contribution in [0.25, 0.3) is 11.1 Å². The van der Waals surface area contributed by atoms with Gasteiger partial charge in [-0.2, -0.15) is 0 Å². The first kappa shape index (κ1) is 14.7. The van der Waals surface area contributed by atoms with Crippen LogP contribution in [0.2, 0.25) is 0 Å². The Hall–Kier alpha value is -2.23. The molecule has 4 heteroatoms. The Bertz CT molecular complexity index is 597. The monoisotopic (exact) mass is 298 g/mol. The van der Waals surface area contributed by atoms with Crippen molar-refractivity contribution in [2.45, 2.75) is 31.7 Å². The summed E-state index contributed by atoms with van der Waals surface area (Å²) < 4.78 is 10.9. The molecule has 1 aliphatic rings. The molecular formula is C18H22N2O2. The molecule has 0 spiro atoms. The molecular weight excluding hydrogens is 276 g/mol. The highest BCUT2D eigenvalue weighted by molar-refractivity contribution is 5.76. The molecule has 0 radical (unpaired) electrons. The van der Waals surface area contributed by atoms with Crippen molar-refractivity contribution >= 4 is 5.82 Å². The number of pyridine rings is 1. The SMILES string of the molecule is COc1cccc(OC)c1-c1ccc(NC2CCCC2)nc1. The van der Waals surface area contributed by atoms with E-state index in [0.29, 0.717) is 6.04 Å². The average molecular weight is 298 g/mol. The van der Waals surface area contributed by atoms with Gasteiger partial charge in [-0.3, -0.25) is 0 Å². The van der Waals surface area contributed by atoms with Gasteiger partial charge < -0.3 is 14.8 Å². The highest BCUT2D eigenvalue weighted by Crippen LogP contribution is 2.38. The number of hydrogen-bond donors (Lipinski definition) is 1. The third kappa shape index (κ3) is 3.01. The zero-order chi connectivity index (χ0) is 15.4. The van der Waals surface area contributed by atoms with Crippen LogP contribution in [0.1, 0.15) is 25.7 Å². The van der Waals surface area contributed by atoms with Crippen LogP contribution in [0.15, 0.2) is 36.5 Å². The summed E-state index contributed by atoms with van der Waals surface area (Å²) in [6.07, 6.45) is 6.98. The van der Waals surface area contributed by atoms with Crippen LogP contribution in [0.3, 0.4) is 0 Å². The normalized spacial score (nSPS) is 14.8. The Morgan fingerprint density at radius 3 is 2.23 bits per heavy atom. The lowest BCUT2D eigenvalue weighted by atomic mass is 10.1. The van der Waals surface area contributed by atoms with Gasteiger partial charge in [0.05, 0.1) is 19.8 Å². The smallest absolute Gasteiger partial charge is 0.130 e. The molecule has 0 atom stereocenters. The first-order valence-electron chi connectivity index (χ1n) is 7.76. The van der Waals surface area contributed by atoms with E-state index in [4.69, 9.17) is 9.47 Å². The fourth-order valence-corrected chi connectivity index (χ4v) is 3.04. The Balaban J connectivity index is 1.86. The van der Waals surface area contributed by atoms with Gasteiger partial charge in [-0.15, -0.1) is 0 Å². The number of aromatic nitrogens is 1. The molecule has 0 unspecified atom stereocenters. The third-order valence-corrected chi connectivity index (χ3v) is 4.19. The number of rotatable bonds is 5. The molecule has 22 heavy (non-hydrogen) atoms. The van der Waals surface area contributed by atoms with Gasteiger partial charge in [0.25, 0.3) is 0 Å². The van der Waals surface area contributed by atoms with Gasteiger partial charge >= 0.3 is 0 Å². The van der Waals surface area contributed by atoms with E-state index in [2.05, 4.69) is 16.4 Å². The summed E-state index contributed by atoms with van der Waals surface area (Å²) in [5.41, 5.74) is 1.93. The summed E-state index contributed by atoms with van der Waals surface area (Å²) >= 11 is 0. The van der Waals surface area contributed by atoms with Crippen molar-refractivity contribution < 1.29 is 9.47 Å². The number of benzene rings is 1. The first-order chi connectivity index (χ1) is 10.8. The van der Waals surface area contributed by atoms with Crippen molar-refractivity contribution in [3.8, 4) is 22.6 Å². The summed E-state index contributed by atoms with van der Waals surface area (Å²) in [6.45, 7) is 0. The van der Waals surface area contributed by atoms with Crippen LogP contribution in [0.5, 0.6) is 11.5 Å². The van der Waals surface area contributed by atoms with E-state index in [-0.39, 0.29) is 0 Å². The van der Waals surface area contributed by atoms with Gasteiger partial charge in [0.15, 0.2) is 0 Å². The van der Waals surface area contributed by atoms with Crippen LogP contribution < -0.4 is 14.8 Å². The van der Waals surface area contributed by atoms with Gasteiger partial charge in [0, 0.05) is 17.8 Å². The van der Waals surface area contributed by atoms with Gasteiger partial charge in [-0.1, -0.05) is 18.9 Å². The summed E-state index contributed by atoms with van der Waals surface area (Å²) in [5.74, 6) is 2.51. The first-order valence-corrected chi connectivity index (χ1v) is 7.76. The van der Waals surface area contributed by atoms with Crippen LogP contribution in [-0.2, 0) is 0 Å². The molecule has 0 saturated heterocycles. The summed E-state index contributed by atoms with van der Waals surface area (Å²) in [6, 6.07) is 10.4. The number of nitrogens with one attached hydrogen (secondary N) is 1. The highest BCUT2D eigenvalue weighted by atomic mass is 16.5. The molecule has 0 bridgehead atoms. The number of nitrogens with zero attached hydrogens (tertiary/aromatic N) is 1. The van der Waals surface area contributed by atoms with Gasteiger partial charge in [-0.05, 0) is 37.1 Å². The van der Waals surface area contributed by atoms with E-state index in [1.807, 2.05) is 30.5 Å². The van der Waals surface area contributed by atoms with Crippen molar-refractivity contribution in [1.82, 2.24) is 4.98 Å². The van der Waals surface area contributed by atoms with Gasteiger partial charge in [0.1, 0.15) is 17.3 Å². The molecule has 2 aromatic rings. The predicted octanol–water partition coefficient (Wildman–Crippen LogP) is 4.12. The molecule has 116 valence electrons. The fourth-order valence-electron chi connectivity index (χ4n) is 3.04. The van der Waals surface area contributed by atoms with Gasteiger partial charge in [-0.25, -0.2) is 4.98 Å². The molecule has 0 amide bonds. The summed E-state index contributed by atoms with van der Waals surface area (Å²) in [5, 5.41) is 3.50. The van der Waals surface area contributed by atoms with E-state index in [1.165, 1.54) is 25.7 Å². The zero-order valence-corrected chi connectivity index (χ0v) is 13.1. The lowest BCUT2D eigenvalue weighted by Gasteiger charge is -2.15. The minimum absolute atomic E-state index is 0.569. The van der Waals surface area contributed by atoms with Crippen LogP contribution in [0.4, 0.5) is 5.82 Å². The second kappa shape index (κ2) is 6.69. The third-order valence-electron chi connectivity index (χ3n) is 4.19. The van der Waals surface area contributed by atoms with E-state index in [9.17, 15) is 0 Å². The molecule has 4 nitrogen and oxygen atoms in total. The molecule has 0 aliphatic heterocycles. The number of anilines is 1. The quantitative estimate of drug-likeness (QED) is 0.901. The zero-order valence-electron chi connectivity index (χ0n) is 13.1. The topological polar surface area (TPSA) is 43.4 Å². The van der Waals surface area contributed by atoms with E-state index >= 15 is 0 Å². The Kier molecular flexibility index (Phi) is 4.47. The van der Waals surface area contributed by atoms with Gasteiger partial charge in [0.2, 0.25) is 0 Å². The van der Waals surface area contributed by atoms with Crippen molar-refractivity contribution in [2.24, 2.45) is 0 Å². The number of methoxy groups -OCH3 is 2. The van der Waals surface area contributed by atoms with Crippen LogP contribution in [-0.4, -0.2) is 25.2 Å². The molecule has 1 aromatic carbocycles. The van der Waals surface area contributed by atoms with Crippen molar-refractivity contribution in [1.29, 1.82) is 0 Å². The maximum Gasteiger partial charge on any atom is 0.130 e. The standard InChI is InChI=1S/C18H22N2O2/c1-21-15-8-5-9-16(22-2)18(15)13-10-11-17(19-12-13)20-14-6-3-4-7-14/h5,8-12,14H,3-4,6-7H2,1-2H3,(H,19,20). The van der Waals surface area contributed by atoms with E-state index in [1.54, 1.807) is 14.2 Å². The highest BCUT2D eigenvalue weighted by Gasteiger charge is 2.16. The Morgan fingerprint density at radius 1 is 1.00 bits per heavy atom. The van der Waals surface area contributed by atoms with Crippen molar-refractivity contribution in [3.63, 3.8) is 0 Å². The molecule has 1 heterocycles. The number of ether oxygens (including phenoxy) is 2. The second-order valence-electron chi connectivity index (χ2n) is 5.60. The fraction of sp³-hybridized carbons (Fsp3) is 0.389. The largest absolute Gasteiger partial charge is 0.496 e. The number of hydrogen-bond acceptors (Lipinski definition) is 4. The van der Waals surface area contributed by atoms with Crippen molar-refractivity contribution in [2.75, 3.05) is 19.5 Å². The lowest BCUT2D eigenvalue weighted by molar-refractivity contribution is 0.397. The second-order valence-corrected chi connectivity index (χ2v) is 5.60. The summed E-state index contributed by atoms with van der Waals surface area (Å²) in [7, 11) is 3.34. The molecule has 1 aromatic heterocycles. The van der Waals surface area contributed by atoms with E-state index < -0.39 is 0 Å². The molecule has 1 saturated carbocycles. The molecule has 1 N–H and O–H groups in total. The summed E-state index contributed by atoms with van der Waals surface area (Å²) in [4.78, 5) is 4.55. The minimum atomic E-state index is 0.569. The molecule has 3 rings (SSSR count). The van der Waals surface area contributed by atoms with Crippen LogP contribution in [0, 0.1) is 0 Å². The Labute approximate surface area is 131 Å². The average Bonchev–Trinajstić information content (AvgIpc) is 3.08.